The average molecular weight is 369 g/mol. The maximum atomic E-state index is 12.1. The van der Waals surface area contributed by atoms with Crippen LogP contribution >= 0.6 is 0 Å². The van der Waals surface area contributed by atoms with E-state index in [1.807, 2.05) is 19.1 Å². The van der Waals surface area contributed by atoms with Crippen molar-refractivity contribution in [3.05, 3.63) is 59.7 Å². The van der Waals surface area contributed by atoms with Crippen LogP contribution in [0, 0.1) is 6.92 Å². The number of hydrogen-bond donors (Lipinski definition) is 1. The van der Waals surface area contributed by atoms with Gasteiger partial charge in [0.25, 0.3) is 5.91 Å². The molecular weight excluding hydrogens is 346 g/mol. The molecule has 1 amide bonds. The molecule has 0 aliphatic carbocycles. The zero-order chi connectivity index (χ0) is 19.8. The third-order valence-corrected chi connectivity index (χ3v) is 3.96. The molecule has 2 aromatic rings. The minimum absolute atomic E-state index is 0.0364. The van der Waals surface area contributed by atoms with E-state index in [1.165, 1.54) is 6.92 Å². The van der Waals surface area contributed by atoms with Gasteiger partial charge in [0.15, 0.2) is 11.9 Å². The molecule has 0 fully saturated rings. The summed E-state index contributed by atoms with van der Waals surface area (Å²) in [4.78, 5) is 36.1. The summed E-state index contributed by atoms with van der Waals surface area (Å²) in [7, 11) is 1.55. The zero-order valence-electron chi connectivity index (χ0n) is 15.7. The molecule has 6 heteroatoms. The van der Waals surface area contributed by atoms with Gasteiger partial charge < -0.3 is 14.8 Å². The molecule has 27 heavy (non-hydrogen) atoms. The molecule has 2 rings (SSSR count). The van der Waals surface area contributed by atoms with Crippen molar-refractivity contribution in [2.45, 2.75) is 32.8 Å². The molecule has 1 N–H and O–H groups in total. The summed E-state index contributed by atoms with van der Waals surface area (Å²) in [6.45, 7) is 3.42. The third-order valence-electron chi connectivity index (χ3n) is 3.96. The van der Waals surface area contributed by atoms with Crippen LogP contribution in [0.3, 0.4) is 0 Å². The first-order valence-corrected chi connectivity index (χ1v) is 8.63. The molecule has 1 atom stereocenters. The van der Waals surface area contributed by atoms with E-state index >= 15 is 0 Å². The van der Waals surface area contributed by atoms with Gasteiger partial charge in [-0.25, -0.2) is 0 Å². The predicted molar refractivity (Wildman–Crippen MR) is 102 cm³/mol. The predicted octanol–water partition coefficient (Wildman–Crippen LogP) is 3.54. The van der Waals surface area contributed by atoms with E-state index in [0.29, 0.717) is 17.0 Å². The zero-order valence-corrected chi connectivity index (χ0v) is 15.7. The highest BCUT2D eigenvalue weighted by atomic mass is 16.5. The first-order chi connectivity index (χ1) is 12.9. The molecule has 2 aromatic carbocycles. The topological polar surface area (TPSA) is 81.7 Å². The van der Waals surface area contributed by atoms with Gasteiger partial charge in [0, 0.05) is 17.7 Å². The van der Waals surface area contributed by atoms with Gasteiger partial charge in [-0.05, 0) is 38.1 Å². The second-order valence-electron chi connectivity index (χ2n) is 6.14. The van der Waals surface area contributed by atoms with Crippen LogP contribution < -0.4 is 10.1 Å². The van der Waals surface area contributed by atoms with Gasteiger partial charge in [0.05, 0.1) is 13.5 Å². The Labute approximate surface area is 158 Å². The van der Waals surface area contributed by atoms with Gasteiger partial charge in [-0.3, -0.25) is 14.4 Å². The fraction of sp³-hybridized carbons (Fsp3) is 0.286. The number of methoxy groups -OCH3 is 1. The number of esters is 1. The largest absolute Gasteiger partial charge is 0.497 e. The summed E-state index contributed by atoms with van der Waals surface area (Å²) in [6.07, 6.45) is -1.00. The molecule has 1 unspecified atom stereocenters. The standard InChI is InChI=1S/C21H23NO5/c1-14-4-6-16(7-5-14)19(23)12-13-20(24)27-15(2)21(25)22-17-8-10-18(26-3)11-9-17/h4-11,15H,12-13H2,1-3H3,(H,22,25). The lowest BCUT2D eigenvalue weighted by molar-refractivity contribution is -0.153. The number of hydrogen-bond acceptors (Lipinski definition) is 5. The van der Waals surface area contributed by atoms with E-state index in [-0.39, 0.29) is 18.6 Å². The number of rotatable bonds is 8. The maximum absolute atomic E-state index is 12.1. The number of carbonyl (C=O) groups is 3. The number of nitrogens with one attached hydrogen (secondary N) is 1. The first kappa shape index (κ1) is 20.2. The van der Waals surface area contributed by atoms with Crippen molar-refractivity contribution in [1.82, 2.24) is 0 Å². The van der Waals surface area contributed by atoms with Crippen LogP contribution in [0.25, 0.3) is 0 Å². The Balaban J connectivity index is 1.78. The Morgan fingerprint density at radius 2 is 1.59 bits per heavy atom. The summed E-state index contributed by atoms with van der Waals surface area (Å²) in [5.74, 6) is -0.501. The quantitative estimate of drug-likeness (QED) is 0.568. The van der Waals surface area contributed by atoms with Crippen LogP contribution in [0.15, 0.2) is 48.5 Å². The first-order valence-electron chi connectivity index (χ1n) is 8.63. The van der Waals surface area contributed by atoms with Gasteiger partial charge in [-0.15, -0.1) is 0 Å². The lowest BCUT2D eigenvalue weighted by Crippen LogP contribution is -2.30. The molecular formula is C21H23NO5. The van der Waals surface area contributed by atoms with Crippen molar-refractivity contribution >= 4 is 23.3 Å². The number of amides is 1. The molecule has 0 radical (unpaired) electrons. The number of aryl methyl sites for hydroxylation is 1. The molecule has 0 heterocycles. The van der Waals surface area contributed by atoms with E-state index in [4.69, 9.17) is 9.47 Å². The molecule has 142 valence electrons. The Bertz CT molecular complexity index is 796. The molecule has 0 saturated carbocycles. The highest BCUT2D eigenvalue weighted by Gasteiger charge is 2.19. The van der Waals surface area contributed by atoms with Crippen molar-refractivity contribution in [3.63, 3.8) is 0 Å². The van der Waals surface area contributed by atoms with Crippen LogP contribution in [-0.2, 0) is 14.3 Å². The summed E-state index contributed by atoms with van der Waals surface area (Å²) in [6, 6.07) is 13.9. The minimum Gasteiger partial charge on any atom is -0.497 e. The van der Waals surface area contributed by atoms with Crippen LogP contribution in [0.1, 0.15) is 35.7 Å². The molecule has 0 aliphatic heterocycles. The van der Waals surface area contributed by atoms with Gasteiger partial charge >= 0.3 is 5.97 Å². The van der Waals surface area contributed by atoms with E-state index in [9.17, 15) is 14.4 Å². The van der Waals surface area contributed by atoms with Crippen molar-refractivity contribution in [2.24, 2.45) is 0 Å². The van der Waals surface area contributed by atoms with Crippen LogP contribution in [-0.4, -0.2) is 30.9 Å². The third kappa shape index (κ3) is 6.26. The molecule has 0 aliphatic rings. The number of benzene rings is 2. The normalized spacial score (nSPS) is 11.4. The molecule has 0 spiro atoms. The minimum atomic E-state index is -0.964. The number of Topliss-reactive ketones (excluding diaryl/α,β-unsaturated/α-hetero) is 1. The number of anilines is 1. The monoisotopic (exact) mass is 369 g/mol. The van der Waals surface area contributed by atoms with Crippen LogP contribution in [0.4, 0.5) is 5.69 Å². The summed E-state index contributed by atoms with van der Waals surface area (Å²) < 4.78 is 10.2. The van der Waals surface area contributed by atoms with Crippen LogP contribution in [0.2, 0.25) is 0 Å². The summed E-state index contributed by atoms with van der Waals surface area (Å²) in [5, 5.41) is 2.66. The fourth-order valence-corrected chi connectivity index (χ4v) is 2.33. The highest BCUT2D eigenvalue weighted by molar-refractivity contribution is 5.98. The Kier molecular flexibility index (Phi) is 7.11. The number of carbonyl (C=O) groups excluding carboxylic acids is 3. The fourth-order valence-electron chi connectivity index (χ4n) is 2.33. The van der Waals surface area contributed by atoms with Crippen molar-refractivity contribution in [3.8, 4) is 5.75 Å². The number of ether oxygens (including phenoxy) is 2. The SMILES string of the molecule is COc1ccc(NC(=O)C(C)OC(=O)CCC(=O)c2ccc(C)cc2)cc1. The van der Waals surface area contributed by atoms with Gasteiger partial charge in [-0.1, -0.05) is 29.8 Å². The van der Waals surface area contributed by atoms with E-state index < -0.39 is 18.0 Å². The summed E-state index contributed by atoms with van der Waals surface area (Å²) in [5.41, 5.74) is 2.18. The Morgan fingerprint density at radius 3 is 2.19 bits per heavy atom. The van der Waals surface area contributed by atoms with Crippen molar-refractivity contribution in [2.75, 3.05) is 12.4 Å². The summed E-state index contributed by atoms with van der Waals surface area (Å²) >= 11 is 0. The Hall–Kier alpha value is -3.15. The maximum Gasteiger partial charge on any atom is 0.307 e. The molecule has 0 aromatic heterocycles. The lowest BCUT2D eigenvalue weighted by Gasteiger charge is -2.13. The van der Waals surface area contributed by atoms with E-state index in [2.05, 4.69) is 5.32 Å². The lowest BCUT2D eigenvalue weighted by atomic mass is 10.1. The highest BCUT2D eigenvalue weighted by Crippen LogP contribution is 2.15. The van der Waals surface area contributed by atoms with E-state index in [1.54, 1.807) is 43.5 Å². The van der Waals surface area contributed by atoms with Gasteiger partial charge in [0.2, 0.25) is 0 Å². The number of ketones is 1. The van der Waals surface area contributed by atoms with Crippen LogP contribution in [0.5, 0.6) is 5.75 Å². The second-order valence-corrected chi connectivity index (χ2v) is 6.14. The average Bonchev–Trinajstić information content (AvgIpc) is 2.67. The van der Waals surface area contributed by atoms with Gasteiger partial charge in [-0.2, -0.15) is 0 Å². The van der Waals surface area contributed by atoms with Crippen molar-refractivity contribution in [1.29, 1.82) is 0 Å². The van der Waals surface area contributed by atoms with Crippen molar-refractivity contribution < 1.29 is 23.9 Å². The molecule has 0 saturated heterocycles. The van der Waals surface area contributed by atoms with E-state index in [0.717, 1.165) is 5.56 Å². The molecule has 6 nitrogen and oxygen atoms in total. The smallest absolute Gasteiger partial charge is 0.307 e. The second kappa shape index (κ2) is 9.52. The molecule has 0 bridgehead atoms. The Morgan fingerprint density at radius 1 is 0.963 bits per heavy atom. The van der Waals surface area contributed by atoms with Gasteiger partial charge in [0.1, 0.15) is 5.75 Å².